The van der Waals surface area contributed by atoms with Crippen LogP contribution < -0.4 is 10.9 Å². The lowest BCUT2D eigenvalue weighted by molar-refractivity contribution is 0.186. The van der Waals surface area contributed by atoms with Gasteiger partial charge >= 0.3 is 0 Å². The summed E-state index contributed by atoms with van der Waals surface area (Å²) in [5.41, 5.74) is 1.08. The van der Waals surface area contributed by atoms with Crippen molar-refractivity contribution >= 4 is 5.69 Å². The van der Waals surface area contributed by atoms with Gasteiger partial charge in [-0.05, 0) is 37.7 Å². The van der Waals surface area contributed by atoms with E-state index in [1.54, 1.807) is 17.7 Å². The van der Waals surface area contributed by atoms with Crippen LogP contribution in [0.25, 0.3) is 0 Å². The summed E-state index contributed by atoms with van der Waals surface area (Å²) in [6, 6.07) is 4.08. The zero-order chi connectivity index (χ0) is 15.1. The zero-order valence-corrected chi connectivity index (χ0v) is 13.3. The number of pyridine rings is 1. The normalized spacial score (nSPS) is 22.2. The molecule has 0 amide bonds. The highest BCUT2D eigenvalue weighted by Crippen LogP contribution is 2.29. The van der Waals surface area contributed by atoms with Gasteiger partial charge in [0.05, 0.1) is 12.3 Å². The first-order chi connectivity index (χ1) is 10.2. The Balaban J connectivity index is 1.90. The zero-order valence-electron chi connectivity index (χ0n) is 13.3. The van der Waals surface area contributed by atoms with Crippen LogP contribution in [-0.4, -0.2) is 24.3 Å². The summed E-state index contributed by atoms with van der Waals surface area (Å²) >= 11 is 0. The van der Waals surface area contributed by atoms with Crippen LogP contribution in [0.3, 0.4) is 0 Å². The lowest BCUT2D eigenvalue weighted by atomic mass is 9.83. The molecule has 1 saturated carbocycles. The van der Waals surface area contributed by atoms with Crippen LogP contribution in [-0.2, 0) is 11.3 Å². The Labute approximate surface area is 127 Å². The summed E-state index contributed by atoms with van der Waals surface area (Å²) in [6.07, 6.45) is 9.72. The van der Waals surface area contributed by atoms with Gasteiger partial charge in [0.15, 0.2) is 0 Å². The monoisotopic (exact) mass is 292 g/mol. The lowest BCUT2D eigenvalue weighted by Crippen LogP contribution is -2.27. The Morgan fingerprint density at radius 1 is 1.29 bits per heavy atom. The second-order valence-electron chi connectivity index (χ2n) is 6.09. The van der Waals surface area contributed by atoms with Crippen molar-refractivity contribution in [1.82, 2.24) is 4.57 Å². The first-order valence-electron chi connectivity index (χ1n) is 8.19. The van der Waals surface area contributed by atoms with Crippen LogP contribution in [0.5, 0.6) is 0 Å². The fraction of sp³-hybridized carbons (Fsp3) is 0.706. The summed E-state index contributed by atoms with van der Waals surface area (Å²) in [4.78, 5) is 11.8. The molecule has 1 aromatic heterocycles. The smallest absolute Gasteiger partial charge is 0.250 e. The minimum atomic E-state index is 0.0317. The van der Waals surface area contributed by atoms with E-state index in [-0.39, 0.29) is 5.56 Å². The summed E-state index contributed by atoms with van der Waals surface area (Å²) in [5, 5.41) is 3.59. The predicted octanol–water partition coefficient (Wildman–Crippen LogP) is 3.27. The average molecular weight is 292 g/mol. The van der Waals surface area contributed by atoms with Crippen LogP contribution in [0.2, 0.25) is 0 Å². The first-order valence-corrected chi connectivity index (χ1v) is 8.19. The Kier molecular flexibility index (Phi) is 6.30. The molecule has 1 heterocycles. The molecule has 0 bridgehead atoms. The molecule has 1 aliphatic carbocycles. The predicted molar refractivity (Wildman–Crippen MR) is 86.9 cm³/mol. The quantitative estimate of drug-likeness (QED) is 0.839. The second kappa shape index (κ2) is 8.23. The third-order valence-electron chi connectivity index (χ3n) is 4.43. The van der Waals surface area contributed by atoms with Crippen molar-refractivity contribution in [3.8, 4) is 0 Å². The Morgan fingerprint density at radius 2 is 2.05 bits per heavy atom. The third kappa shape index (κ3) is 4.88. The molecule has 21 heavy (non-hydrogen) atoms. The number of rotatable bonds is 7. The van der Waals surface area contributed by atoms with Crippen LogP contribution in [0.1, 0.15) is 45.4 Å². The van der Waals surface area contributed by atoms with E-state index in [0.29, 0.717) is 19.2 Å². The maximum absolute atomic E-state index is 11.8. The van der Waals surface area contributed by atoms with Crippen LogP contribution >= 0.6 is 0 Å². The molecule has 4 heteroatoms. The molecule has 0 aromatic carbocycles. The van der Waals surface area contributed by atoms with Crippen molar-refractivity contribution in [3.05, 3.63) is 28.7 Å². The van der Waals surface area contributed by atoms with Crippen LogP contribution in [0.15, 0.2) is 23.1 Å². The van der Waals surface area contributed by atoms with Gasteiger partial charge in [0.1, 0.15) is 0 Å². The molecule has 0 spiro atoms. The highest BCUT2D eigenvalue weighted by Gasteiger charge is 2.20. The van der Waals surface area contributed by atoms with Gasteiger partial charge < -0.3 is 14.6 Å². The molecule has 0 unspecified atom stereocenters. The minimum Gasteiger partial charge on any atom is -0.383 e. The van der Waals surface area contributed by atoms with E-state index in [2.05, 4.69) is 12.2 Å². The van der Waals surface area contributed by atoms with Gasteiger partial charge in [0.25, 0.3) is 5.56 Å². The standard InChI is InChI=1S/C17H28N2O2/c1-3-4-14-5-7-15(8-6-14)18-16-9-10-17(20)19(13-16)11-12-21-2/h9-10,13-15,18H,3-8,11-12H2,1-2H3. The van der Waals surface area contributed by atoms with Gasteiger partial charge in [0, 0.05) is 32.0 Å². The lowest BCUT2D eigenvalue weighted by Gasteiger charge is -2.29. The fourth-order valence-electron chi connectivity index (χ4n) is 3.22. The van der Waals surface area contributed by atoms with Gasteiger partial charge in [-0.25, -0.2) is 0 Å². The third-order valence-corrected chi connectivity index (χ3v) is 4.43. The molecule has 4 nitrogen and oxygen atoms in total. The molecule has 0 aliphatic heterocycles. The largest absolute Gasteiger partial charge is 0.383 e. The molecule has 0 saturated heterocycles. The second-order valence-corrected chi connectivity index (χ2v) is 6.09. The van der Waals surface area contributed by atoms with E-state index >= 15 is 0 Å². The van der Waals surface area contributed by atoms with Crippen molar-refractivity contribution < 1.29 is 4.74 Å². The van der Waals surface area contributed by atoms with Crippen molar-refractivity contribution in [2.75, 3.05) is 19.0 Å². The van der Waals surface area contributed by atoms with Crippen LogP contribution in [0, 0.1) is 5.92 Å². The number of nitrogens with zero attached hydrogens (tertiary/aromatic N) is 1. The molecular weight excluding hydrogens is 264 g/mol. The highest BCUT2D eigenvalue weighted by atomic mass is 16.5. The number of methoxy groups -OCH3 is 1. The van der Waals surface area contributed by atoms with E-state index in [4.69, 9.17) is 4.74 Å². The average Bonchev–Trinajstić information content (AvgIpc) is 2.50. The van der Waals surface area contributed by atoms with Gasteiger partial charge in [-0.15, -0.1) is 0 Å². The van der Waals surface area contributed by atoms with Gasteiger partial charge in [-0.3, -0.25) is 4.79 Å². The minimum absolute atomic E-state index is 0.0317. The fourth-order valence-corrected chi connectivity index (χ4v) is 3.22. The van der Waals surface area contributed by atoms with E-state index in [9.17, 15) is 4.79 Å². The van der Waals surface area contributed by atoms with E-state index < -0.39 is 0 Å². The number of hydrogen-bond acceptors (Lipinski definition) is 3. The van der Waals surface area contributed by atoms with Gasteiger partial charge in [0.2, 0.25) is 0 Å². The first kappa shape index (κ1) is 16.1. The summed E-state index contributed by atoms with van der Waals surface area (Å²) in [5.74, 6) is 0.920. The topological polar surface area (TPSA) is 43.3 Å². The molecule has 0 atom stereocenters. The van der Waals surface area contributed by atoms with Crippen LogP contribution in [0.4, 0.5) is 5.69 Å². The number of anilines is 1. The number of hydrogen-bond donors (Lipinski definition) is 1. The van der Waals surface area contributed by atoms with Gasteiger partial charge in [-0.1, -0.05) is 19.8 Å². The Hall–Kier alpha value is -1.29. The van der Waals surface area contributed by atoms with E-state index in [0.717, 1.165) is 11.6 Å². The molecule has 1 aromatic rings. The Morgan fingerprint density at radius 3 is 2.71 bits per heavy atom. The van der Waals surface area contributed by atoms with Gasteiger partial charge in [-0.2, -0.15) is 0 Å². The summed E-state index contributed by atoms with van der Waals surface area (Å²) in [6.45, 7) is 3.44. The van der Waals surface area contributed by atoms with Crippen molar-refractivity contribution in [3.63, 3.8) is 0 Å². The van der Waals surface area contributed by atoms with E-state index in [1.807, 2.05) is 12.3 Å². The SMILES string of the molecule is CCCC1CCC(Nc2ccc(=O)n(CCOC)c2)CC1. The molecular formula is C17H28N2O2. The number of aromatic nitrogens is 1. The summed E-state index contributed by atoms with van der Waals surface area (Å²) in [7, 11) is 1.65. The molecule has 2 rings (SSSR count). The van der Waals surface area contributed by atoms with Crippen molar-refractivity contribution in [2.45, 2.75) is 58.0 Å². The summed E-state index contributed by atoms with van der Waals surface area (Å²) < 4.78 is 6.76. The molecule has 118 valence electrons. The number of nitrogens with one attached hydrogen (secondary N) is 1. The van der Waals surface area contributed by atoms with E-state index in [1.165, 1.54) is 38.5 Å². The molecule has 1 N–H and O–H groups in total. The van der Waals surface area contributed by atoms with Crippen molar-refractivity contribution in [2.24, 2.45) is 5.92 Å². The maximum Gasteiger partial charge on any atom is 0.250 e. The Bertz CT molecular complexity index is 476. The molecule has 1 aliphatic rings. The number of ether oxygens (including phenoxy) is 1. The van der Waals surface area contributed by atoms with Crippen molar-refractivity contribution in [1.29, 1.82) is 0 Å². The molecule has 1 fully saturated rings. The maximum atomic E-state index is 11.8. The molecule has 0 radical (unpaired) electrons. The highest BCUT2D eigenvalue weighted by molar-refractivity contribution is 5.41.